The van der Waals surface area contributed by atoms with Gasteiger partial charge in [-0.2, -0.15) is 0 Å². The highest BCUT2D eigenvalue weighted by Gasteiger charge is 2.31. The fraction of sp³-hybridized carbons (Fsp3) is 0.958. The lowest BCUT2D eigenvalue weighted by atomic mass is 9.99. The molecule has 684 valence electrons. The molecule has 115 heavy (non-hydrogen) atoms. The first-order chi connectivity index (χ1) is 55.9. The zero-order valence-corrected chi connectivity index (χ0v) is 77.9. The average Bonchev–Trinajstić information content (AvgIpc) is 0.892. The van der Waals surface area contributed by atoms with Crippen molar-refractivity contribution >= 4 is 39.5 Å². The number of carbonyl (C=O) groups excluding carboxylic acids is 4. The van der Waals surface area contributed by atoms with Crippen molar-refractivity contribution in [3.05, 3.63) is 0 Å². The van der Waals surface area contributed by atoms with Gasteiger partial charge in [0.25, 0.3) is 0 Å². The van der Waals surface area contributed by atoms with Gasteiger partial charge >= 0.3 is 39.5 Å². The maximum Gasteiger partial charge on any atom is 0.472 e. The molecule has 0 aliphatic heterocycles. The van der Waals surface area contributed by atoms with E-state index in [2.05, 4.69) is 41.5 Å². The molecule has 0 aliphatic carbocycles. The number of esters is 4. The third-order valence-corrected chi connectivity index (χ3v) is 25.3. The minimum absolute atomic E-state index is 0.109. The van der Waals surface area contributed by atoms with Crippen molar-refractivity contribution in [2.24, 2.45) is 11.8 Å². The van der Waals surface area contributed by atoms with Gasteiger partial charge in [-0.25, -0.2) is 9.13 Å². The van der Waals surface area contributed by atoms with Crippen molar-refractivity contribution in [3.63, 3.8) is 0 Å². The van der Waals surface area contributed by atoms with Gasteiger partial charge < -0.3 is 33.8 Å². The molecule has 0 radical (unpaired) electrons. The Bertz CT molecular complexity index is 2190. The van der Waals surface area contributed by atoms with Crippen molar-refractivity contribution in [3.8, 4) is 0 Å². The first-order valence-electron chi connectivity index (χ1n) is 49.6. The lowest BCUT2D eigenvalue weighted by molar-refractivity contribution is -0.161. The first-order valence-corrected chi connectivity index (χ1v) is 52.6. The average molecular weight is 1680 g/mol. The summed E-state index contributed by atoms with van der Waals surface area (Å²) in [7, 11) is -9.94. The molecule has 0 bridgehead atoms. The maximum atomic E-state index is 13.2. The zero-order chi connectivity index (χ0) is 84.1. The van der Waals surface area contributed by atoms with Gasteiger partial charge in [0, 0.05) is 25.7 Å². The van der Waals surface area contributed by atoms with Gasteiger partial charge in [-0.1, -0.05) is 472 Å². The molecule has 3 N–H and O–H groups in total. The molecule has 7 atom stereocenters. The number of ether oxygens (including phenoxy) is 4. The maximum absolute atomic E-state index is 13.2. The summed E-state index contributed by atoms with van der Waals surface area (Å²) in [6.45, 7) is 9.85. The molecule has 0 saturated carbocycles. The van der Waals surface area contributed by atoms with Crippen LogP contribution in [0.3, 0.4) is 0 Å². The van der Waals surface area contributed by atoms with Gasteiger partial charge in [0.2, 0.25) is 0 Å². The largest absolute Gasteiger partial charge is 0.472 e. The summed E-state index contributed by atoms with van der Waals surface area (Å²) in [6, 6.07) is 0. The number of rotatable bonds is 95. The molecule has 0 rings (SSSR count). The van der Waals surface area contributed by atoms with Crippen LogP contribution in [0.25, 0.3) is 0 Å². The molecule has 19 heteroatoms. The molecule has 0 aromatic heterocycles. The number of unbranched alkanes of at least 4 members (excludes halogenated alkanes) is 63. The topological polar surface area (TPSA) is 237 Å². The summed E-state index contributed by atoms with van der Waals surface area (Å²) < 4.78 is 69.1. The van der Waals surface area contributed by atoms with Gasteiger partial charge in [-0.15, -0.1) is 0 Å². The Balaban J connectivity index is 5.17. The zero-order valence-electron chi connectivity index (χ0n) is 76.1. The molecular weight excluding hydrogens is 1490 g/mol. The molecule has 4 unspecified atom stereocenters. The summed E-state index contributed by atoms with van der Waals surface area (Å²) in [5.41, 5.74) is 0. The number of aliphatic hydroxyl groups excluding tert-OH is 1. The van der Waals surface area contributed by atoms with Gasteiger partial charge in [-0.05, 0) is 37.5 Å². The second-order valence-electron chi connectivity index (χ2n) is 34.9. The minimum Gasteiger partial charge on any atom is -0.462 e. The molecular formula is C96H188O17P2. The molecule has 0 spiro atoms. The van der Waals surface area contributed by atoms with Crippen LogP contribution in [0.15, 0.2) is 0 Å². The number of phosphoric acid groups is 2. The molecule has 0 aromatic rings. The Morgan fingerprint density at radius 1 is 0.243 bits per heavy atom. The summed E-state index contributed by atoms with van der Waals surface area (Å²) in [5, 5.41) is 10.7. The molecule has 0 amide bonds. The summed E-state index contributed by atoms with van der Waals surface area (Å²) >= 11 is 0. The van der Waals surface area contributed by atoms with E-state index in [0.29, 0.717) is 25.7 Å². The molecule has 0 saturated heterocycles. The Morgan fingerprint density at radius 2 is 0.417 bits per heavy atom. The predicted octanol–water partition coefficient (Wildman–Crippen LogP) is 30.1. The summed E-state index contributed by atoms with van der Waals surface area (Å²) in [5.74, 6) is -0.348. The third-order valence-electron chi connectivity index (χ3n) is 23.4. The second-order valence-corrected chi connectivity index (χ2v) is 37.9. The fourth-order valence-corrected chi connectivity index (χ4v) is 16.7. The van der Waals surface area contributed by atoms with Crippen LogP contribution >= 0.6 is 15.6 Å². The van der Waals surface area contributed by atoms with E-state index in [1.54, 1.807) is 0 Å². The van der Waals surface area contributed by atoms with E-state index < -0.39 is 97.5 Å². The number of aliphatic hydroxyl groups is 1. The van der Waals surface area contributed by atoms with Crippen molar-refractivity contribution < 1.29 is 80.2 Å². The van der Waals surface area contributed by atoms with Crippen LogP contribution in [0.5, 0.6) is 0 Å². The molecule has 0 aromatic carbocycles. The van der Waals surface area contributed by atoms with Crippen molar-refractivity contribution in [1.29, 1.82) is 0 Å². The van der Waals surface area contributed by atoms with Gasteiger partial charge in [0.1, 0.15) is 19.3 Å². The van der Waals surface area contributed by atoms with Crippen LogP contribution in [-0.2, 0) is 65.4 Å². The monoisotopic (exact) mass is 1680 g/mol. The highest BCUT2D eigenvalue weighted by Crippen LogP contribution is 2.45. The SMILES string of the molecule is CCCCCCCCCCCCCCCCCCCCCCCCC(=O)O[C@H](COC(=O)CCCCCCCCCCC)COP(=O)(O)OC[C@H](O)COP(=O)(O)OC[C@@H](COC(=O)CCCCCCCCCCCCCCCCCCCCC(C)CC)OC(=O)CCCCCCCCCCCCCCCCCCCCC(C)CC. The lowest BCUT2D eigenvalue weighted by Crippen LogP contribution is -2.30. The number of phosphoric ester groups is 2. The Morgan fingerprint density at radius 3 is 0.617 bits per heavy atom. The van der Waals surface area contributed by atoms with Crippen molar-refractivity contribution in [2.75, 3.05) is 39.6 Å². The molecule has 0 aliphatic rings. The normalized spacial score (nSPS) is 14.1. The lowest BCUT2D eigenvalue weighted by Gasteiger charge is -2.21. The first kappa shape index (κ1) is 113. The standard InChI is InChI=1S/C96H188O17P2/c1-7-11-13-15-17-19-20-21-22-23-24-25-26-27-35-40-45-50-56-62-68-74-80-95(100)112-91(84-106-93(98)78-72-66-60-52-18-16-14-12-8-2)86-110-114(102,103)108-82-90(97)83-109-115(104,105)111-87-92(113-96(101)81-75-69-63-57-51-46-41-36-31-29-33-38-43-48-54-59-65-71-77-89(6)10-4)85-107-94(99)79-73-67-61-55-49-44-39-34-30-28-32-37-42-47-53-58-64-70-76-88(5)9-3/h88-92,97H,7-87H2,1-6H3,(H,102,103)(H,104,105)/t88?,89?,90-,91+,92+/m0/s1. The number of hydrogen-bond acceptors (Lipinski definition) is 15. The van der Waals surface area contributed by atoms with E-state index in [9.17, 15) is 43.2 Å². The Labute approximate surface area is 708 Å². The van der Waals surface area contributed by atoms with E-state index in [4.69, 9.17) is 37.0 Å². The quantitative estimate of drug-likeness (QED) is 0.0222. The molecule has 0 fully saturated rings. The van der Waals surface area contributed by atoms with E-state index >= 15 is 0 Å². The smallest absolute Gasteiger partial charge is 0.462 e. The van der Waals surface area contributed by atoms with Crippen molar-refractivity contribution in [2.45, 2.75) is 541 Å². The highest BCUT2D eigenvalue weighted by atomic mass is 31.2. The van der Waals surface area contributed by atoms with E-state index in [0.717, 1.165) is 102 Å². The van der Waals surface area contributed by atoms with E-state index in [-0.39, 0.29) is 25.7 Å². The fourth-order valence-electron chi connectivity index (χ4n) is 15.1. The summed E-state index contributed by atoms with van der Waals surface area (Å²) in [4.78, 5) is 73.5. The number of hydrogen-bond donors (Lipinski definition) is 3. The van der Waals surface area contributed by atoms with Crippen LogP contribution < -0.4 is 0 Å². The molecule has 0 heterocycles. The minimum atomic E-state index is -4.97. The van der Waals surface area contributed by atoms with E-state index in [1.807, 2.05) is 0 Å². The summed E-state index contributed by atoms with van der Waals surface area (Å²) in [6.07, 6.45) is 83.6. The van der Waals surface area contributed by atoms with Gasteiger partial charge in [-0.3, -0.25) is 37.3 Å². The third kappa shape index (κ3) is 86.8. The Hall–Kier alpha value is -1.94. The Kier molecular flexibility index (Phi) is 85.5. The van der Waals surface area contributed by atoms with Crippen LogP contribution in [0.4, 0.5) is 0 Å². The van der Waals surface area contributed by atoms with Crippen LogP contribution in [0, 0.1) is 11.8 Å². The van der Waals surface area contributed by atoms with Crippen molar-refractivity contribution in [1.82, 2.24) is 0 Å². The van der Waals surface area contributed by atoms with E-state index in [1.165, 1.54) is 340 Å². The molecule has 17 nitrogen and oxygen atoms in total. The van der Waals surface area contributed by atoms with Gasteiger partial charge in [0.15, 0.2) is 12.2 Å². The second kappa shape index (κ2) is 87.0. The predicted molar refractivity (Wildman–Crippen MR) is 478 cm³/mol. The van der Waals surface area contributed by atoms with Gasteiger partial charge in [0.05, 0.1) is 26.4 Å². The van der Waals surface area contributed by atoms with Crippen LogP contribution in [0.1, 0.15) is 523 Å². The number of carbonyl (C=O) groups is 4. The highest BCUT2D eigenvalue weighted by molar-refractivity contribution is 7.47. The van der Waals surface area contributed by atoms with Crippen LogP contribution in [0.2, 0.25) is 0 Å². The van der Waals surface area contributed by atoms with Crippen LogP contribution in [-0.4, -0.2) is 96.7 Å².